The average Bonchev–Trinajstić information content (AvgIpc) is 2.77. The minimum Gasteiger partial charge on any atom is -0.454 e. The Balaban J connectivity index is 2.02. The zero-order valence-electron chi connectivity index (χ0n) is 9.92. The molecule has 2 aromatic rings. The lowest BCUT2D eigenvalue weighted by Crippen LogP contribution is -2.20. The van der Waals surface area contributed by atoms with Crippen molar-refractivity contribution in [1.82, 2.24) is 5.16 Å². The number of carbonyl (C=O) groups excluding carboxylic acids is 1. The average molecular weight is 245 g/mol. The number of carbonyl (C=O) groups is 1. The number of ether oxygens (including phenoxy) is 1. The van der Waals surface area contributed by atoms with Crippen LogP contribution in [0.2, 0.25) is 0 Å². The van der Waals surface area contributed by atoms with Gasteiger partial charge in [-0.1, -0.05) is 23.4 Å². The number of nitrogens with zero attached hydrogens (tertiary/aromatic N) is 1. The molecule has 92 valence electrons. The van der Waals surface area contributed by atoms with Crippen LogP contribution < -0.4 is 5.46 Å². The Morgan fingerprint density at radius 1 is 1.44 bits per heavy atom. The molecule has 1 aromatic carbocycles. The third kappa shape index (κ3) is 2.60. The van der Waals surface area contributed by atoms with E-state index in [9.17, 15) is 4.79 Å². The lowest BCUT2D eigenvalue weighted by atomic mass is 9.87. The largest absolute Gasteiger partial charge is 0.454 e. The van der Waals surface area contributed by atoms with Crippen LogP contribution in [0, 0.1) is 6.92 Å². The van der Waals surface area contributed by atoms with Gasteiger partial charge in [-0.15, -0.1) is 0 Å². The Morgan fingerprint density at radius 2 is 2.17 bits per heavy atom. The second kappa shape index (κ2) is 5.51. The van der Waals surface area contributed by atoms with Crippen LogP contribution in [-0.2, 0) is 11.3 Å². The molecule has 2 rings (SSSR count). The van der Waals surface area contributed by atoms with Gasteiger partial charge in [-0.3, -0.25) is 0 Å². The molecule has 0 unspecified atom stereocenters. The van der Waals surface area contributed by atoms with Gasteiger partial charge in [0.1, 0.15) is 0 Å². The molecule has 0 saturated carbocycles. The van der Waals surface area contributed by atoms with Crippen LogP contribution >= 0.6 is 0 Å². The molecule has 6 heteroatoms. The SMILES string of the molecule is Cc1noc(COC(=O)c2ccccc2)c1BO. The summed E-state index contributed by atoms with van der Waals surface area (Å²) < 4.78 is 10.1. The molecule has 5 nitrogen and oxygen atoms in total. The zero-order chi connectivity index (χ0) is 13.0. The third-order valence-electron chi connectivity index (χ3n) is 2.57. The molecule has 0 aliphatic rings. The van der Waals surface area contributed by atoms with Crippen LogP contribution in [0.3, 0.4) is 0 Å². The van der Waals surface area contributed by atoms with E-state index < -0.39 is 5.97 Å². The van der Waals surface area contributed by atoms with Gasteiger partial charge in [-0.2, -0.15) is 0 Å². The second-order valence-electron chi connectivity index (χ2n) is 3.77. The van der Waals surface area contributed by atoms with Gasteiger partial charge >= 0.3 is 13.5 Å². The highest BCUT2D eigenvalue weighted by molar-refractivity contribution is 6.46. The van der Waals surface area contributed by atoms with Gasteiger partial charge in [0.05, 0.1) is 11.3 Å². The van der Waals surface area contributed by atoms with Crippen LogP contribution in [0.1, 0.15) is 21.8 Å². The van der Waals surface area contributed by atoms with Gasteiger partial charge in [0.25, 0.3) is 0 Å². The van der Waals surface area contributed by atoms with E-state index in [2.05, 4.69) is 5.16 Å². The number of hydrogen-bond donors (Lipinski definition) is 1. The molecule has 0 radical (unpaired) electrons. The van der Waals surface area contributed by atoms with Gasteiger partial charge in [-0.05, 0) is 19.1 Å². The van der Waals surface area contributed by atoms with E-state index in [0.717, 1.165) is 0 Å². The summed E-state index contributed by atoms with van der Waals surface area (Å²) in [6, 6.07) is 8.67. The molecular weight excluding hydrogens is 233 g/mol. The zero-order valence-corrected chi connectivity index (χ0v) is 9.92. The summed E-state index contributed by atoms with van der Waals surface area (Å²) in [4.78, 5) is 11.7. The maximum absolute atomic E-state index is 11.7. The summed E-state index contributed by atoms with van der Waals surface area (Å²) in [5.74, 6) is -0.0622. The van der Waals surface area contributed by atoms with Crippen molar-refractivity contribution in [3.8, 4) is 0 Å². The minimum absolute atomic E-state index is 0.0372. The first-order valence-electron chi connectivity index (χ1n) is 5.49. The molecule has 0 bridgehead atoms. The van der Waals surface area contributed by atoms with Crippen molar-refractivity contribution in [3.05, 3.63) is 47.3 Å². The molecular formula is C12H12BNO4. The van der Waals surface area contributed by atoms with E-state index in [-0.39, 0.29) is 14.1 Å². The molecule has 0 atom stereocenters. The van der Waals surface area contributed by atoms with Crippen molar-refractivity contribution in [1.29, 1.82) is 0 Å². The highest BCUT2D eigenvalue weighted by atomic mass is 16.5. The summed E-state index contributed by atoms with van der Waals surface area (Å²) in [5, 5.41) is 12.8. The molecule has 0 fully saturated rings. The fourth-order valence-corrected chi connectivity index (χ4v) is 1.54. The Morgan fingerprint density at radius 3 is 2.83 bits per heavy atom. The Bertz CT molecular complexity index is 538. The lowest BCUT2D eigenvalue weighted by molar-refractivity contribution is 0.0439. The molecule has 0 amide bonds. The topological polar surface area (TPSA) is 72.6 Å². The second-order valence-corrected chi connectivity index (χ2v) is 3.77. The third-order valence-corrected chi connectivity index (χ3v) is 2.57. The van der Waals surface area contributed by atoms with Gasteiger partial charge in [-0.25, -0.2) is 4.79 Å². The normalized spacial score (nSPS) is 10.1. The lowest BCUT2D eigenvalue weighted by Gasteiger charge is -2.03. The number of hydrogen-bond acceptors (Lipinski definition) is 5. The number of aryl methyl sites for hydroxylation is 1. The molecule has 1 N–H and O–H groups in total. The van der Waals surface area contributed by atoms with Crippen molar-refractivity contribution < 1.29 is 19.1 Å². The monoisotopic (exact) mass is 245 g/mol. The standard InChI is InChI=1S/C12H12BNO4/c1-8-11(13-16)10(18-14-8)7-17-12(15)9-5-3-2-4-6-9/h2-6,13,16H,7H2,1H3. The van der Waals surface area contributed by atoms with Gasteiger partial charge in [0, 0.05) is 5.46 Å². The molecule has 0 aliphatic heterocycles. The molecule has 1 aromatic heterocycles. The first-order chi connectivity index (χ1) is 8.72. The first-order valence-corrected chi connectivity index (χ1v) is 5.49. The van der Waals surface area contributed by atoms with Crippen molar-refractivity contribution in [2.75, 3.05) is 0 Å². The molecule has 1 heterocycles. The molecule has 0 saturated heterocycles. The van der Waals surface area contributed by atoms with Crippen molar-refractivity contribution in [2.45, 2.75) is 13.5 Å². The number of rotatable bonds is 4. The summed E-state index contributed by atoms with van der Waals surface area (Å²) in [5.41, 5.74) is 1.64. The van der Waals surface area contributed by atoms with Gasteiger partial charge in [0.2, 0.25) is 0 Å². The predicted octanol–water partition coefficient (Wildman–Crippen LogP) is 0.309. The molecule has 0 aliphatic carbocycles. The fourth-order valence-electron chi connectivity index (χ4n) is 1.54. The summed E-state index contributed by atoms with van der Waals surface area (Å²) >= 11 is 0. The molecule has 18 heavy (non-hydrogen) atoms. The van der Waals surface area contributed by atoms with Crippen LogP contribution in [0.5, 0.6) is 0 Å². The smallest absolute Gasteiger partial charge is 0.338 e. The number of esters is 1. The highest BCUT2D eigenvalue weighted by Gasteiger charge is 2.15. The van der Waals surface area contributed by atoms with Crippen molar-refractivity contribution in [2.24, 2.45) is 0 Å². The Hall–Kier alpha value is -2.08. The highest BCUT2D eigenvalue weighted by Crippen LogP contribution is 2.05. The fraction of sp³-hybridized carbons (Fsp3) is 0.167. The maximum Gasteiger partial charge on any atom is 0.338 e. The quantitative estimate of drug-likeness (QED) is 0.619. The van der Waals surface area contributed by atoms with Crippen LogP contribution in [0.25, 0.3) is 0 Å². The van der Waals surface area contributed by atoms with E-state index in [1.54, 1.807) is 31.2 Å². The maximum atomic E-state index is 11.7. The summed E-state index contributed by atoms with van der Waals surface area (Å²) in [6.07, 6.45) is 0. The van der Waals surface area contributed by atoms with E-state index >= 15 is 0 Å². The number of benzene rings is 1. The number of aromatic nitrogens is 1. The minimum atomic E-state index is -0.437. The van der Waals surface area contributed by atoms with Gasteiger partial charge in [0.15, 0.2) is 12.4 Å². The van der Waals surface area contributed by atoms with Crippen LogP contribution in [-0.4, -0.2) is 23.6 Å². The van der Waals surface area contributed by atoms with E-state index in [1.807, 2.05) is 6.07 Å². The summed E-state index contributed by atoms with van der Waals surface area (Å²) in [7, 11) is -0.187. The van der Waals surface area contributed by atoms with E-state index in [1.165, 1.54) is 0 Å². The van der Waals surface area contributed by atoms with E-state index in [4.69, 9.17) is 14.3 Å². The van der Waals surface area contributed by atoms with Crippen molar-refractivity contribution in [3.63, 3.8) is 0 Å². The van der Waals surface area contributed by atoms with Crippen LogP contribution in [0.15, 0.2) is 34.9 Å². The van der Waals surface area contributed by atoms with Crippen molar-refractivity contribution >= 4 is 18.9 Å². The van der Waals surface area contributed by atoms with Gasteiger partial charge < -0.3 is 14.3 Å². The molecule has 0 spiro atoms. The van der Waals surface area contributed by atoms with Crippen LogP contribution in [0.4, 0.5) is 0 Å². The Kier molecular flexibility index (Phi) is 3.79. The van der Waals surface area contributed by atoms with E-state index in [0.29, 0.717) is 22.5 Å². The predicted molar refractivity (Wildman–Crippen MR) is 65.8 cm³/mol. The first kappa shape index (κ1) is 12.4. The Labute approximate surface area is 105 Å². The summed E-state index contributed by atoms with van der Waals surface area (Å²) in [6.45, 7) is 1.68.